The van der Waals surface area contributed by atoms with E-state index in [1.807, 2.05) is 6.92 Å². The highest BCUT2D eigenvalue weighted by atomic mass is 32.2. The van der Waals surface area contributed by atoms with Crippen molar-refractivity contribution in [3.8, 4) is 5.75 Å². The summed E-state index contributed by atoms with van der Waals surface area (Å²) in [5, 5.41) is 6.13. The zero-order valence-electron chi connectivity index (χ0n) is 17.5. The second-order valence-electron chi connectivity index (χ2n) is 6.70. The molecule has 0 spiro atoms. The van der Waals surface area contributed by atoms with E-state index in [0.717, 1.165) is 0 Å². The predicted molar refractivity (Wildman–Crippen MR) is 119 cm³/mol. The fourth-order valence-electron chi connectivity index (χ4n) is 2.55. The van der Waals surface area contributed by atoms with Crippen LogP contribution in [0.15, 0.2) is 48.5 Å². The van der Waals surface area contributed by atoms with E-state index in [-0.39, 0.29) is 5.91 Å². The van der Waals surface area contributed by atoms with Crippen molar-refractivity contribution in [3.63, 3.8) is 0 Å². The first-order valence-electron chi connectivity index (χ1n) is 9.53. The van der Waals surface area contributed by atoms with Crippen LogP contribution in [-0.4, -0.2) is 43.7 Å². The van der Waals surface area contributed by atoms with E-state index in [1.165, 1.54) is 26.0 Å². The molecule has 0 bridgehead atoms. The maximum absolute atomic E-state index is 12.5. The molecule has 0 radical (unpaired) electrons. The summed E-state index contributed by atoms with van der Waals surface area (Å²) in [5.41, 5.74) is 1.32. The summed E-state index contributed by atoms with van der Waals surface area (Å²) >= 11 is 0. The molecular formula is C21H25N3O6S. The van der Waals surface area contributed by atoms with Crippen LogP contribution in [-0.2, 0) is 24.2 Å². The van der Waals surface area contributed by atoms with Crippen molar-refractivity contribution in [1.82, 2.24) is 0 Å². The largest absolute Gasteiger partial charge is 0.494 e. The Labute approximate surface area is 181 Å². The van der Waals surface area contributed by atoms with Gasteiger partial charge in [0.2, 0.25) is 17.7 Å². The Kier molecular flexibility index (Phi) is 8.14. The number of hydrogen-bond acceptors (Lipinski definition) is 6. The van der Waals surface area contributed by atoms with Crippen LogP contribution in [0.5, 0.6) is 5.75 Å². The number of anilines is 3. The van der Waals surface area contributed by atoms with Crippen LogP contribution in [0.25, 0.3) is 0 Å². The summed E-state index contributed by atoms with van der Waals surface area (Å²) in [6.07, 6.45) is 0. The Hall–Kier alpha value is -3.40. The first kappa shape index (κ1) is 23.9. The fraction of sp³-hybridized carbons (Fsp3) is 0.286. The number of rotatable bonds is 9. The van der Waals surface area contributed by atoms with Gasteiger partial charge in [-0.1, -0.05) is 0 Å². The molecule has 3 amide bonds. The molecule has 0 aromatic heterocycles. The highest BCUT2D eigenvalue weighted by molar-refractivity contribution is 7.93. The second kappa shape index (κ2) is 10.6. The van der Waals surface area contributed by atoms with Crippen LogP contribution in [0.1, 0.15) is 20.8 Å². The summed E-state index contributed by atoms with van der Waals surface area (Å²) in [6.45, 7) is 4.94. The number of nitrogens with one attached hydrogen (secondary N) is 3. The summed E-state index contributed by atoms with van der Waals surface area (Å²) in [7, 11) is -4.05. The third kappa shape index (κ3) is 7.41. The molecule has 0 aliphatic heterocycles. The number of sulfone groups is 1. The third-order valence-electron chi connectivity index (χ3n) is 4.16. The molecular weight excluding hydrogens is 422 g/mol. The van der Waals surface area contributed by atoms with Gasteiger partial charge in [0.1, 0.15) is 16.8 Å². The molecule has 31 heavy (non-hydrogen) atoms. The average Bonchev–Trinajstić information content (AvgIpc) is 2.69. The van der Waals surface area contributed by atoms with Crippen molar-refractivity contribution in [2.75, 3.05) is 28.3 Å². The van der Waals surface area contributed by atoms with E-state index in [0.29, 0.717) is 29.4 Å². The van der Waals surface area contributed by atoms with Gasteiger partial charge in [0, 0.05) is 24.0 Å². The number of hydrogen-bond donors (Lipinski definition) is 3. The lowest BCUT2D eigenvalue weighted by Crippen LogP contribution is -2.37. The normalized spacial score (nSPS) is 11.8. The van der Waals surface area contributed by atoms with E-state index in [2.05, 4.69) is 16.0 Å². The highest BCUT2D eigenvalue weighted by Crippen LogP contribution is 2.17. The van der Waals surface area contributed by atoms with Gasteiger partial charge in [0.25, 0.3) is 0 Å². The van der Waals surface area contributed by atoms with Crippen LogP contribution >= 0.6 is 0 Å². The number of benzene rings is 2. The summed E-state index contributed by atoms with van der Waals surface area (Å²) in [5.74, 6) is -1.95. The third-order valence-corrected chi connectivity index (χ3v) is 6.12. The smallest absolute Gasteiger partial charge is 0.242 e. The molecule has 2 aromatic rings. The van der Waals surface area contributed by atoms with Crippen molar-refractivity contribution in [1.29, 1.82) is 0 Å². The second-order valence-corrected chi connectivity index (χ2v) is 9.02. The topological polar surface area (TPSA) is 131 Å². The van der Waals surface area contributed by atoms with Crippen molar-refractivity contribution < 1.29 is 27.5 Å². The average molecular weight is 448 g/mol. The van der Waals surface area contributed by atoms with Crippen LogP contribution in [0.4, 0.5) is 17.1 Å². The minimum Gasteiger partial charge on any atom is -0.494 e. The number of carbonyl (C=O) groups is 3. The Balaban J connectivity index is 1.94. The molecule has 1 atom stereocenters. The molecule has 0 aliphatic carbocycles. The van der Waals surface area contributed by atoms with Gasteiger partial charge in [-0.05, 0) is 62.4 Å². The highest BCUT2D eigenvalue weighted by Gasteiger charge is 2.30. The molecule has 0 heterocycles. The van der Waals surface area contributed by atoms with Gasteiger partial charge in [-0.2, -0.15) is 0 Å². The van der Waals surface area contributed by atoms with E-state index >= 15 is 0 Å². The molecule has 0 fully saturated rings. The maximum Gasteiger partial charge on any atom is 0.242 e. The Morgan fingerprint density at radius 2 is 1.35 bits per heavy atom. The van der Waals surface area contributed by atoms with Crippen molar-refractivity contribution in [2.24, 2.45) is 0 Å². The standard InChI is InChI=1S/C21H25N3O6S/c1-4-30-19-11-9-17(10-12-19)23-20(26)13-31(28,29)14(2)21(27)24-18-7-5-16(6-8-18)22-15(3)25/h5-12,14H,4,13H2,1-3H3,(H,22,25)(H,23,26)(H,24,27). The van der Waals surface area contributed by atoms with Crippen LogP contribution in [0.3, 0.4) is 0 Å². The SMILES string of the molecule is CCOc1ccc(NC(=O)CS(=O)(=O)C(C)C(=O)Nc2ccc(NC(C)=O)cc2)cc1. The number of ether oxygens (including phenoxy) is 1. The number of amides is 3. The van der Waals surface area contributed by atoms with E-state index in [4.69, 9.17) is 4.74 Å². The zero-order chi connectivity index (χ0) is 23.0. The fourth-order valence-corrected chi connectivity index (χ4v) is 3.63. The molecule has 166 valence electrons. The maximum atomic E-state index is 12.5. The van der Waals surface area contributed by atoms with Gasteiger partial charge in [-0.25, -0.2) is 8.42 Å². The first-order chi connectivity index (χ1) is 14.6. The van der Waals surface area contributed by atoms with Gasteiger partial charge in [0.05, 0.1) is 6.61 Å². The molecule has 0 aliphatic rings. The Morgan fingerprint density at radius 3 is 1.87 bits per heavy atom. The minimum absolute atomic E-state index is 0.236. The lowest BCUT2D eigenvalue weighted by Gasteiger charge is -2.14. The van der Waals surface area contributed by atoms with Crippen molar-refractivity contribution in [2.45, 2.75) is 26.0 Å². The molecule has 2 rings (SSSR count). The van der Waals surface area contributed by atoms with Gasteiger partial charge in [-0.15, -0.1) is 0 Å². The molecule has 0 saturated heterocycles. The molecule has 2 aromatic carbocycles. The van der Waals surface area contributed by atoms with Gasteiger partial charge in [-0.3, -0.25) is 14.4 Å². The van der Waals surface area contributed by atoms with Gasteiger partial charge < -0.3 is 20.7 Å². The van der Waals surface area contributed by atoms with Crippen LogP contribution in [0.2, 0.25) is 0 Å². The van der Waals surface area contributed by atoms with Crippen molar-refractivity contribution >= 4 is 44.6 Å². The molecule has 10 heteroatoms. The minimum atomic E-state index is -4.05. The zero-order valence-corrected chi connectivity index (χ0v) is 18.3. The first-order valence-corrected chi connectivity index (χ1v) is 11.2. The summed E-state index contributed by atoms with van der Waals surface area (Å²) in [4.78, 5) is 35.6. The predicted octanol–water partition coefficient (Wildman–Crippen LogP) is 2.42. The van der Waals surface area contributed by atoms with Crippen molar-refractivity contribution in [3.05, 3.63) is 48.5 Å². The van der Waals surface area contributed by atoms with Crippen LogP contribution in [0, 0.1) is 0 Å². The Morgan fingerprint density at radius 1 is 0.871 bits per heavy atom. The van der Waals surface area contributed by atoms with Crippen LogP contribution < -0.4 is 20.7 Å². The molecule has 3 N–H and O–H groups in total. The lowest BCUT2D eigenvalue weighted by molar-refractivity contribution is -0.116. The Bertz CT molecular complexity index is 1030. The summed E-state index contributed by atoms with van der Waals surface area (Å²) in [6, 6.07) is 12.7. The number of carbonyl (C=O) groups excluding carboxylic acids is 3. The monoisotopic (exact) mass is 447 g/mol. The van der Waals surface area contributed by atoms with E-state index in [1.54, 1.807) is 36.4 Å². The molecule has 0 saturated carbocycles. The summed E-state index contributed by atoms with van der Waals surface area (Å²) < 4.78 is 30.3. The quantitative estimate of drug-likeness (QED) is 0.541. The van der Waals surface area contributed by atoms with E-state index < -0.39 is 32.7 Å². The van der Waals surface area contributed by atoms with Gasteiger partial charge in [0.15, 0.2) is 9.84 Å². The molecule has 9 nitrogen and oxygen atoms in total. The van der Waals surface area contributed by atoms with E-state index in [9.17, 15) is 22.8 Å². The molecule has 1 unspecified atom stereocenters. The lowest BCUT2D eigenvalue weighted by atomic mass is 10.2. The van der Waals surface area contributed by atoms with Gasteiger partial charge >= 0.3 is 0 Å².